The van der Waals surface area contributed by atoms with Crippen LogP contribution in [0.4, 0.5) is 17.6 Å². The number of halogens is 4. The second-order valence-corrected chi connectivity index (χ2v) is 21.7. The topological polar surface area (TPSA) is 0 Å². The molecule has 15 heavy (non-hydrogen) atoms. The van der Waals surface area contributed by atoms with Crippen molar-refractivity contribution in [1.29, 1.82) is 0 Å². The first kappa shape index (κ1) is 14.7. The van der Waals surface area contributed by atoms with Crippen LogP contribution in [0.5, 0.6) is 0 Å². The molecule has 0 heterocycles. The number of benzene rings is 1. The van der Waals surface area contributed by atoms with Crippen molar-refractivity contribution < 1.29 is 17.6 Å². The quantitative estimate of drug-likeness (QED) is 0.384. The second kappa shape index (κ2) is 5.72. The Kier molecular flexibility index (Phi) is 5.62. The molecule has 0 N–H and O–H groups in total. The van der Waals surface area contributed by atoms with E-state index in [2.05, 4.69) is 19.8 Å². The summed E-state index contributed by atoms with van der Waals surface area (Å²) in [5, 5.41) is 0. The Hall–Kier alpha value is -0.261. The van der Waals surface area contributed by atoms with Gasteiger partial charge in [0.25, 0.3) is 0 Å². The molecule has 1 aromatic carbocycles. The normalized spacial score (nSPS) is 10.7. The van der Waals surface area contributed by atoms with E-state index in [4.69, 9.17) is 0 Å². The van der Waals surface area contributed by atoms with E-state index in [0.29, 0.717) is 0 Å². The molecule has 0 aliphatic heterocycles. The molecule has 1 radical (unpaired) electrons. The fourth-order valence-corrected chi connectivity index (χ4v) is 0.454. The molecule has 0 spiro atoms. The van der Waals surface area contributed by atoms with Crippen LogP contribution in [0.1, 0.15) is 0 Å². The SMILES string of the molecule is Fc1[c]c(F)c(F)cc1F.[CH3][Sn]([CH3])([CH3])[CH3]. The molecule has 0 nitrogen and oxygen atoms in total. The Labute approximate surface area is 91.2 Å². The third kappa shape index (κ3) is 7.64. The first-order chi connectivity index (χ1) is 6.61. The van der Waals surface area contributed by atoms with Gasteiger partial charge >= 0.3 is 38.1 Å². The van der Waals surface area contributed by atoms with Gasteiger partial charge in [0, 0.05) is 6.07 Å². The minimum atomic E-state index is -1.51. The van der Waals surface area contributed by atoms with Crippen molar-refractivity contribution >= 4 is 18.4 Å². The van der Waals surface area contributed by atoms with E-state index in [9.17, 15) is 17.6 Å². The Bertz CT molecular complexity index is 275. The molecule has 5 heteroatoms. The summed E-state index contributed by atoms with van der Waals surface area (Å²) >= 11 is -1.18. The van der Waals surface area contributed by atoms with Gasteiger partial charge in [0.05, 0.1) is 6.07 Å². The van der Waals surface area contributed by atoms with E-state index in [0.717, 1.165) is 0 Å². The summed E-state index contributed by atoms with van der Waals surface area (Å²) in [5.74, 6) is -5.92. The van der Waals surface area contributed by atoms with E-state index < -0.39 is 41.6 Å². The van der Waals surface area contributed by atoms with Crippen LogP contribution in [0, 0.1) is 29.3 Å². The van der Waals surface area contributed by atoms with Gasteiger partial charge in [0.15, 0.2) is 23.3 Å². The van der Waals surface area contributed by atoms with Crippen LogP contribution in [0.25, 0.3) is 0 Å². The van der Waals surface area contributed by atoms with Gasteiger partial charge < -0.3 is 0 Å². The molecule has 1 rings (SSSR count). The van der Waals surface area contributed by atoms with Crippen molar-refractivity contribution in [3.8, 4) is 0 Å². The fraction of sp³-hybridized carbons (Fsp3) is 0.400. The fourth-order valence-electron chi connectivity index (χ4n) is 0.454. The van der Waals surface area contributed by atoms with E-state index in [1.165, 1.54) is 6.07 Å². The van der Waals surface area contributed by atoms with Gasteiger partial charge in [-0.3, -0.25) is 0 Å². The molecule has 0 aliphatic rings. The average Bonchev–Trinajstić information content (AvgIpc) is 1.98. The molecule has 0 aliphatic carbocycles. The summed E-state index contributed by atoms with van der Waals surface area (Å²) in [6, 6.07) is 1.35. The predicted octanol–water partition coefficient (Wildman–Crippen LogP) is 4.00. The summed E-state index contributed by atoms with van der Waals surface area (Å²) in [7, 11) is 0. The molecule has 0 bridgehead atoms. The molecule has 0 saturated heterocycles. The van der Waals surface area contributed by atoms with Crippen molar-refractivity contribution in [2.45, 2.75) is 19.8 Å². The van der Waals surface area contributed by atoms with E-state index in [-0.39, 0.29) is 6.07 Å². The molecule has 0 unspecified atom stereocenters. The standard InChI is InChI=1S/C6HF4.4CH3.Sn/c7-3-1-4(8)6(10)2-5(3)9;;;;;/h1H;4*1H3;. The van der Waals surface area contributed by atoms with Crippen molar-refractivity contribution in [1.82, 2.24) is 0 Å². The molecule has 1 aromatic rings. The third-order valence-electron chi connectivity index (χ3n) is 0.892. The molecule has 0 fully saturated rings. The van der Waals surface area contributed by atoms with Crippen LogP contribution in [0.15, 0.2) is 6.07 Å². The summed E-state index contributed by atoms with van der Waals surface area (Å²) in [5.41, 5.74) is 0. The van der Waals surface area contributed by atoms with Gasteiger partial charge in [-0.15, -0.1) is 0 Å². The molecule has 85 valence electrons. The van der Waals surface area contributed by atoms with Crippen LogP contribution < -0.4 is 0 Å². The Morgan fingerprint density at radius 1 is 0.867 bits per heavy atom. The summed E-state index contributed by atoms with van der Waals surface area (Å²) in [6.07, 6.45) is 0. The summed E-state index contributed by atoms with van der Waals surface area (Å²) in [4.78, 5) is 9.59. The van der Waals surface area contributed by atoms with Crippen LogP contribution in [0.2, 0.25) is 19.8 Å². The van der Waals surface area contributed by atoms with Crippen molar-refractivity contribution in [3.63, 3.8) is 0 Å². The predicted molar refractivity (Wildman–Crippen MR) is 54.3 cm³/mol. The Balaban J connectivity index is 0.000000336. The number of rotatable bonds is 0. The van der Waals surface area contributed by atoms with Gasteiger partial charge in [-0.1, -0.05) is 0 Å². The molecular weight excluding hydrogens is 315 g/mol. The van der Waals surface area contributed by atoms with E-state index in [1.54, 1.807) is 0 Å². The zero-order valence-corrected chi connectivity index (χ0v) is 11.9. The zero-order valence-electron chi connectivity index (χ0n) is 9.09. The van der Waals surface area contributed by atoms with E-state index in [1.807, 2.05) is 0 Å². The minimum absolute atomic E-state index is 0.126. The monoisotopic (exact) mass is 329 g/mol. The van der Waals surface area contributed by atoms with Crippen LogP contribution in [0.3, 0.4) is 0 Å². The third-order valence-corrected chi connectivity index (χ3v) is 0.892. The molecule has 0 saturated carbocycles. The molecule has 0 aromatic heterocycles. The van der Waals surface area contributed by atoms with Gasteiger partial charge in [-0.25, -0.2) is 17.6 Å². The van der Waals surface area contributed by atoms with E-state index >= 15 is 0 Å². The Morgan fingerprint density at radius 2 is 1.13 bits per heavy atom. The maximum absolute atomic E-state index is 11.9. The first-order valence-corrected chi connectivity index (χ1v) is 15.7. The molecule has 0 amide bonds. The zero-order chi connectivity index (χ0) is 12.2. The maximum atomic E-state index is 11.9. The molecular formula is C10H13F4Sn. The van der Waals surface area contributed by atoms with Crippen LogP contribution in [-0.4, -0.2) is 18.4 Å². The van der Waals surface area contributed by atoms with Crippen LogP contribution in [-0.2, 0) is 0 Å². The van der Waals surface area contributed by atoms with Crippen molar-refractivity contribution in [2.24, 2.45) is 0 Å². The summed E-state index contributed by atoms with van der Waals surface area (Å²) in [6.45, 7) is 0. The van der Waals surface area contributed by atoms with Crippen LogP contribution >= 0.6 is 0 Å². The number of hydrogen-bond donors (Lipinski definition) is 0. The second-order valence-electron chi connectivity index (χ2n) is 4.59. The summed E-state index contributed by atoms with van der Waals surface area (Å²) < 4.78 is 47.7. The number of hydrogen-bond acceptors (Lipinski definition) is 0. The van der Waals surface area contributed by atoms with Gasteiger partial charge in [-0.2, -0.15) is 0 Å². The van der Waals surface area contributed by atoms with Crippen molar-refractivity contribution in [3.05, 3.63) is 35.4 Å². The van der Waals surface area contributed by atoms with Gasteiger partial charge in [0.1, 0.15) is 0 Å². The first-order valence-electron chi connectivity index (χ1n) is 4.33. The van der Waals surface area contributed by atoms with Gasteiger partial charge in [-0.05, 0) is 0 Å². The average molecular weight is 328 g/mol. The molecule has 0 atom stereocenters. The van der Waals surface area contributed by atoms with Crippen molar-refractivity contribution in [2.75, 3.05) is 0 Å². The Morgan fingerprint density at radius 3 is 1.33 bits per heavy atom. The van der Waals surface area contributed by atoms with Gasteiger partial charge in [0.2, 0.25) is 0 Å².